The monoisotopic (exact) mass is 467 g/mol. The molecule has 0 radical (unpaired) electrons. The Morgan fingerprint density at radius 3 is 2.66 bits per heavy atom. The lowest BCUT2D eigenvalue weighted by Crippen LogP contribution is -2.25. The van der Waals surface area contributed by atoms with E-state index in [-0.39, 0.29) is 5.91 Å². The van der Waals surface area contributed by atoms with Crippen LogP contribution >= 0.6 is 0 Å². The van der Waals surface area contributed by atoms with E-state index in [9.17, 15) is 4.79 Å². The van der Waals surface area contributed by atoms with E-state index in [0.29, 0.717) is 13.2 Å². The number of amides is 1. The molecule has 4 aromatic rings. The first-order chi connectivity index (χ1) is 17.2. The number of allylic oxidation sites excluding steroid dienone is 1. The molecule has 1 amide bonds. The minimum atomic E-state index is -0.0227. The summed E-state index contributed by atoms with van der Waals surface area (Å²) in [5.41, 5.74) is 5.02. The zero-order valence-corrected chi connectivity index (χ0v) is 20.4. The standard InChI is InChI=1S/C30H33N3O2/c1-3-12-24-14-5-9-18-28(24)35-22-11-21-33-27-17-8-7-16-26(27)32-29(33)19-10-20-31-30(34)25-15-6-4-13-23(25)2/h3-9,13-18H,1,10-12,19-22H2,2H3,(H,31,34). The number of aryl methyl sites for hydroxylation is 3. The molecule has 0 spiro atoms. The number of ether oxygens (including phenoxy) is 1. The van der Waals surface area contributed by atoms with Crippen molar-refractivity contribution in [3.63, 3.8) is 0 Å². The Morgan fingerprint density at radius 1 is 1.03 bits per heavy atom. The Balaban J connectivity index is 1.34. The molecule has 0 atom stereocenters. The summed E-state index contributed by atoms with van der Waals surface area (Å²) >= 11 is 0. The van der Waals surface area contributed by atoms with Crippen LogP contribution in [0, 0.1) is 6.92 Å². The summed E-state index contributed by atoms with van der Waals surface area (Å²) in [5, 5.41) is 3.05. The zero-order valence-electron chi connectivity index (χ0n) is 20.4. The fourth-order valence-electron chi connectivity index (χ4n) is 4.31. The van der Waals surface area contributed by atoms with Gasteiger partial charge in [0.1, 0.15) is 11.6 Å². The molecule has 0 unspecified atom stereocenters. The van der Waals surface area contributed by atoms with Gasteiger partial charge in [0.15, 0.2) is 0 Å². The first-order valence-corrected chi connectivity index (χ1v) is 12.3. The molecule has 5 heteroatoms. The first kappa shape index (κ1) is 24.3. The van der Waals surface area contributed by atoms with Gasteiger partial charge in [0.25, 0.3) is 5.91 Å². The highest BCUT2D eigenvalue weighted by atomic mass is 16.5. The van der Waals surface area contributed by atoms with Gasteiger partial charge in [0, 0.05) is 25.1 Å². The van der Waals surface area contributed by atoms with Crippen molar-refractivity contribution in [2.45, 2.75) is 39.2 Å². The normalized spacial score (nSPS) is 10.9. The average molecular weight is 468 g/mol. The van der Waals surface area contributed by atoms with E-state index in [4.69, 9.17) is 9.72 Å². The van der Waals surface area contributed by atoms with Crippen molar-refractivity contribution in [2.75, 3.05) is 13.2 Å². The minimum absolute atomic E-state index is 0.0227. The molecule has 4 rings (SSSR count). The van der Waals surface area contributed by atoms with Gasteiger partial charge in [-0.1, -0.05) is 54.6 Å². The van der Waals surface area contributed by atoms with Crippen LogP contribution in [0.5, 0.6) is 5.75 Å². The van der Waals surface area contributed by atoms with Crippen molar-refractivity contribution in [1.82, 2.24) is 14.9 Å². The van der Waals surface area contributed by atoms with Crippen LogP contribution in [0.25, 0.3) is 11.0 Å². The van der Waals surface area contributed by atoms with Gasteiger partial charge < -0.3 is 14.6 Å². The summed E-state index contributed by atoms with van der Waals surface area (Å²) < 4.78 is 8.38. The Kier molecular flexibility index (Phi) is 8.34. The number of carbonyl (C=O) groups excluding carboxylic acids is 1. The molecular weight excluding hydrogens is 434 g/mol. The number of hydrogen-bond donors (Lipinski definition) is 1. The number of aromatic nitrogens is 2. The van der Waals surface area contributed by atoms with Gasteiger partial charge in [-0.05, 0) is 61.6 Å². The maximum Gasteiger partial charge on any atom is 0.251 e. The molecule has 1 N–H and O–H groups in total. The number of nitrogens with zero attached hydrogens (tertiary/aromatic N) is 2. The highest BCUT2D eigenvalue weighted by Crippen LogP contribution is 2.20. The van der Waals surface area contributed by atoms with E-state index in [1.54, 1.807) is 0 Å². The van der Waals surface area contributed by atoms with Crippen molar-refractivity contribution in [2.24, 2.45) is 0 Å². The van der Waals surface area contributed by atoms with Crippen LogP contribution in [0.3, 0.4) is 0 Å². The van der Waals surface area contributed by atoms with Gasteiger partial charge in [-0.3, -0.25) is 4.79 Å². The van der Waals surface area contributed by atoms with Gasteiger partial charge in [0.05, 0.1) is 17.6 Å². The van der Waals surface area contributed by atoms with Crippen molar-refractivity contribution < 1.29 is 9.53 Å². The molecule has 0 fully saturated rings. The van der Waals surface area contributed by atoms with Crippen molar-refractivity contribution >= 4 is 16.9 Å². The van der Waals surface area contributed by atoms with Gasteiger partial charge in [0.2, 0.25) is 0 Å². The van der Waals surface area contributed by atoms with E-state index in [1.807, 2.05) is 61.5 Å². The summed E-state index contributed by atoms with van der Waals surface area (Å²) in [4.78, 5) is 17.4. The second-order valence-electron chi connectivity index (χ2n) is 8.65. The molecule has 0 aliphatic heterocycles. The topological polar surface area (TPSA) is 56.1 Å². The summed E-state index contributed by atoms with van der Waals surface area (Å²) in [5.74, 6) is 1.95. The van der Waals surface area contributed by atoms with Crippen LogP contribution in [0.4, 0.5) is 0 Å². The van der Waals surface area contributed by atoms with Crippen LogP contribution < -0.4 is 10.1 Å². The molecule has 0 aliphatic carbocycles. The molecule has 0 bridgehead atoms. The van der Waals surface area contributed by atoms with Gasteiger partial charge in [-0.15, -0.1) is 6.58 Å². The fourth-order valence-corrected chi connectivity index (χ4v) is 4.31. The molecule has 0 saturated carbocycles. The Labute approximate surface area is 207 Å². The largest absolute Gasteiger partial charge is 0.493 e. The van der Waals surface area contributed by atoms with Gasteiger partial charge in [-0.25, -0.2) is 4.98 Å². The molecule has 0 aliphatic rings. The number of benzene rings is 3. The SMILES string of the molecule is C=CCc1ccccc1OCCCn1c(CCCNC(=O)c2ccccc2C)nc2ccccc21. The van der Waals surface area contributed by atoms with E-state index in [2.05, 4.69) is 40.7 Å². The molecule has 0 saturated heterocycles. The van der Waals surface area contributed by atoms with Crippen LogP contribution in [0.15, 0.2) is 85.5 Å². The number of nitrogens with one attached hydrogen (secondary N) is 1. The smallest absolute Gasteiger partial charge is 0.251 e. The third-order valence-electron chi connectivity index (χ3n) is 6.11. The molecule has 180 valence electrons. The highest BCUT2D eigenvalue weighted by Gasteiger charge is 2.12. The number of para-hydroxylation sites is 3. The summed E-state index contributed by atoms with van der Waals surface area (Å²) in [6.45, 7) is 7.86. The van der Waals surface area contributed by atoms with Crippen molar-refractivity contribution in [3.05, 3.63) is 108 Å². The van der Waals surface area contributed by atoms with Crippen LogP contribution in [0.1, 0.15) is 40.2 Å². The van der Waals surface area contributed by atoms with E-state index in [0.717, 1.165) is 71.5 Å². The summed E-state index contributed by atoms with van der Waals surface area (Å²) in [6, 6.07) is 24.0. The number of hydrogen-bond acceptors (Lipinski definition) is 3. The lowest BCUT2D eigenvalue weighted by molar-refractivity contribution is 0.0952. The third kappa shape index (κ3) is 6.18. The number of fused-ring (bicyclic) bond motifs is 1. The quantitative estimate of drug-likeness (QED) is 0.208. The maximum absolute atomic E-state index is 12.5. The predicted octanol–water partition coefficient (Wildman–Crippen LogP) is 5.90. The molecule has 35 heavy (non-hydrogen) atoms. The minimum Gasteiger partial charge on any atom is -0.493 e. The van der Waals surface area contributed by atoms with E-state index in [1.165, 1.54) is 0 Å². The van der Waals surface area contributed by atoms with Gasteiger partial charge in [-0.2, -0.15) is 0 Å². The second-order valence-corrected chi connectivity index (χ2v) is 8.65. The predicted molar refractivity (Wildman–Crippen MR) is 142 cm³/mol. The van der Waals surface area contributed by atoms with E-state index >= 15 is 0 Å². The van der Waals surface area contributed by atoms with Crippen LogP contribution in [-0.4, -0.2) is 28.6 Å². The summed E-state index contributed by atoms with van der Waals surface area (Å²) in [6.07, 6.45) is 5.19. The first-order valence-electron chi connectivity index (χ1n) is 12.3. The molecule has 1 aromatic heterocycles. The van der Waals surface area contributed by atoms with Crippen LogP contribution in [0.2, 0.25) is 0 Å². The van der Waals surface area contributed by atoms with Crippen molar-refractivity contribution in [3.8, 4) is 5.75 Å². The van der Waals surface area contributed by atoms with E-state index < -0.39 is 0 Å². The molecule has 3 aromatic carbocycles. The summed E-state index contributed by atoms with van der Waals surface area (Å²) in [7, 11) is 0. The van der Waals surface area contributed by atoms with Gasteiger partial charge >= 0.3 is 0 Å². The highest BCUT2D eigenvalue weighted by molar-refractivity contribution is 5.95. The number of rotatable bonds is 12. The zero-order chi connectivity index (χ0) is 24.5. The Bertz CT molecular complexity index is 1290. The Morgan fingerprint density at radius 2 is 1.80 bits per heavy atom. The maximum atomic E-state index is 12.5. The lowest BCUT2D eigenvalue weighted by Gasteiger charge is -2.13. The Hall–Kier alpha value is -3.86. The number of imidazole rings is 1. The van der Waals surface area contributed by atoms with Crippen molar-refractivity contribution in [1.29, 1.82) is 0 Å². The second kappa shape index (κ2) is 12.0. The fraction of sp³-hybridized carbons (Fsp3) is 0.267. The molecule has 1 heterocycles. The molecule has 5 nitrogen and oxygen atoms in total. The molecular formula is C30H33N3O2. The number of carbonyl (C=O) groups is 1. The van der Waals surface area contributed by atoms with Crippen LogP contribution in [-0.2, 0) is 19.4 Å². The average Bonchev–Trinajstić information content (AvgIpc) is 3.23. The lowest BCUT2D eigenvalue weighted by atomic mass is 10.1. The third-order valence-corrected chi connectivity index (χ3v) is 6.11.